The average molecular weight is 687 g/mol. The number of carbonyl (C=O) groups is 3. The normalized spacial score (nSPS) is 15.4. The van der Waals surface area contributed by atoms with Gasteiger partial charge in [0.05, 0.1) is 7.11 Å². The summed E-state index contributed by atoms with van der Waals surface area (Å²) in [6, 6.07) is 20.4. The summed E-state index contributed by atoms with van der Waals surface area (Å²) < 4.78 is 24.6. The number of alkyl carbamates (subject to hydrolysis) is 1. The number of halogens is 1. The number of methoxy groups -OCH3 is 1. The summed E-state index contributed by atoms with van der Waals surface area (Å²) in [5.74, 6) is 0.355. The molecule has 10 heteroatoms. The highest BCUT2D eigenvalue weighted by molar-refractivity contribution is 5.97. The van der Waals surface area contributed by atoms with Crippen LogP contribution in [0.25, 0.3) is 0 Å². The highest BCUT2D eigenvalue weighted by Gasteiger charge is 2.28. The zero-order valence-corrected chi connectivity index (χ0v) is 29.1. The molecule has 0 saturated heterocycles. The molecule has 50 heavy (non-hydrogen) atoms. The number of unbranched alkanes of at least 4 members (excludes halogenated alkanes) is 1. The van der Waals surface area contributed by atoms with Gasteiger partial charge in [0.15, 0.2) is 0 Å². The largest absolute Gasteiger partial charge is 0.497 e. The van der Waals surface area contributed by atoms with Crippen LogP contribution in [-0.4, -0.2) is 56.7 Å². The van der Waals surface area contributed by atoms with Crippen LogP contribution in [-0.2, 0) is 22.6 Å². The first-order chi connectivity index (χ1) is 24.4. The van der Waals surface area contributed by atoms with Gasteiger partial charge in [0.2, 0.25) is 5.91 Å². The maximum absolute atomic E-state index is 14.1. The van der Waals surface area contributed by atoms with Gasteiger partial charge in [0.25, 0.3) is 5.91 Å². The molecule has 1 heterocycles. The van der Waals surface area contributed by atoms with Crippen molar-refractivity contribution in [1.29, 1.82) is 0 Å². The molecule has 5 rings (SSSR count). The van der Waals surface area contributed by atoms with Crippen LogP contribution >= 0.6 is 0 Å². The third-order valence-corrected chi connectivity index (χ3v) is 9.82. The van der Waals surface area contributed by atoms with Gasteiger partial charge in [0.1, 0.15) is 24.2 Å². The first-order valence-electron chi connectivity index (χ1n) is 18.1. The number of carbonyl (C=O) groups excluding carboxylic acids is 3. The lowest BCUT2D eigenvalue weighted by Crippen LogP contribution is -2.52. The van der Waals surface area contributed by atoms with E-state index >= 15 is 0 Å². The summed E-state index contributed by atoms with van der Waals surface area (Å²) in [7, 11) is 1.56. The Labute approximate surface area is 295 Å². The molecular formula is C40H51FN4O5. The molecule has 9 nitrogen and oxygen atoms in total. The minimum absolute atomic E-state index is 0.205. The van der Waals surface area contributed by atoms with Crippen LogP contribution in [0.4, 0.5) is 14.9 Å². The van der Waals surface area contributed by atoms with E-state index in [9.17, 15) is 18.8 Å². The van der Waals surface area contributed by atoms with Crippen molar-refractivity contribution in [1.82, 2.24) is 16.0 Å². The second-order valence-electron chi connectivity index (χ2n) is 13.5. The van der Waals surface area contributed by atoms with E-state index in [1.54, 1.807) is 37.4 Å². The number of hydrogen-bond acceptors (Lipinski definition) is 6. The molecule has 268 valence electrons. The Balaban J connectivity index is 1.21. The molecule has 3 N–H and O–H groups in total. The van der Waals surface area contributed by atoms with Crippen molar-refractivity contribution >= 4 is 23.6 Å². The molecular weight excluding hydrogens is 635 g/mol. The van der Waals surface area contributed by atoms with Crippen molar-refractivity contribution < 1.29 is 28.2 Å². The molecule has 1 aliphatic heterocycles. The van der Waals surface area contributed by atoms with Gasteiger partial charge in [-0.2, -0.15) is 0 Å². The monoisotopic (exact) mass is 686 g/mol. The number of rotatable bonds is 17. The van der Waals surface area contributed by atoms with Gasteiger partial charge >= 0.3 is 6.09 Å². The summed E-state index contributed by atoms with van der Waals surface area (Å²) in [6.07, 6.45) is 9.80. The number of benzene rings is 3. The molecule has 0 unspecified atom stereocenters. The van der Waals surface area contributed by atoms with Crippen LogP contribution in [0, 0.1) is 11.7 Å². The van der Waals surface area contributed by atoms with E-state index in [0.717, 1.165) is 55.5 Å². The van der Waals surface area contributed by atoms with Crippen molar-refractivity contribution in [3.05, 3.63) is 95.3 Å². The summed E-state index contributed by atoms with van der Waals surface area (Å²) in [5, 5.41) is 9.14. The van der Waals surface area contributed by atoms with E-state index in [1.165, 1.54) is 25.3 Å². The van der Waals surface area contributed by atoms with Crippen molar-refractivity contribution in [2.75, 3.05) is 31.6 Å². The Hall–Kier alpha value is -4.60. The topological polar surface area (TPSA) is 109 Å². The molecule has 0 bridgehead atoms. The molecule has 3 aromatic rings. The van der Waals surface area contributed by atoms with Crippen LogP contribution in [0.5, 0.6) is 5.75 Å². The second kappa shape index (κ2) is 19.0. The molecule has 2 atom stereocenters. The van der Waals surface area contributed by atoms with Crippen LogP contribution in [0.3, 0.4) is 0 Å². The van der Waals surface area contributed by atoms with Crippen LogP contribution in [0.2, 0.25) is 0 Å². The minimum Gasteiger partial charge on any atom is -0.497 e. The lowest BCUT2D eigenvalue weighted by molar-refractivity contribution is -0.124. The van der Waals surface area contributed by atoms with Gasteiger partial charge in [-0.05, 0) is 92.0 Å². The third-order valence-electron chi connectivity index (χ3n) is 9.82. The Kier molecular flexibility index (Phi) is 13.9. The number of hydrogen-bond donors (Lipinski definition) is 3. The zero-order chi connectivity index (χ0) is 35.1. The Bertz CT molecular complexity index is 1550. The molecule has 2 aliphatic rings. The van der Waals surface area contributed by atoms with E-state index < -0.39 is 12.1 Å². The van der Waals surface area contributed by atoms with Crippen LogP contribution in [0.1, 0.15) is 85.7 Å². The molecule has 3 aromatic carbocycles. The molecule has 1 fully saturated rings. The maximum Gasteiger partial charge on any atom is 0.407 e. The van der Waals surface area contributed by atoms with E-state index in [0.29, 0.717) is 49.6 Å². The number of amides is 3. The van der Waals surface area contributed by atoms with E-state index in [1.807, 2.05) is 36.4 Å². The van der Waals surface area contributed by atoms with E-state index in [2.05, 4.69) is 20.9 Å². The van der Waals surface area contributed by atoms with Crippen molar-refractivity contribution in [3.8, 4) is 5.75 Å². The highest BCUT2D eigenvalue weighted by Crippen LogP contribution is 2.30. The Morgan fingerprint density at radius 3 is 2.54 bits per heavy atom. The van der Waals surface area contributed by atoms with E-state index in [-0.39, 0.29) is 30.3 Å². The van der Waals surface area contributed by atoms with Gasteiger partial charge < -0.3 is 30.3 Å². The predicted molar refractivity (Wildman–Crippen MR) is 193 cm³/mol. The Morgan fingerprint density at radius 2 is 1.74 bits per heavy atom. The van der Waals surface area contributed by atoms with Crippen LogP contribution < -0.4 is 25.6 Å². The molecule has 1 aliphatic carbocycles. The molecule has 0 aromatic heterocycles. The number of anilines is 1. The lowest BCUT2D eigenvalue weighted by Gasteiger charge is -2.29. The highest BCUT2D eigenvalue weighted by atomic mass is 19.1. The van der Waals surface area contributed by atoms with Gasteiger partial charge in [-0.3, -0.25) is 9.59 Å². The minimum atomic E-state index is -0.695. The van der Waals surface area contributed by atoms with Gasteiger partial charge in [-0.25, -0.2) is 9.18 Å². The van der Waals surface area contributed by atoms with E-state index in [4.69, 9.17) is 9.47 Å². The number of fused-ring (bicyclic) bond motifs is 1. The third kappa shape index (κ3) is 11.2. The number of nitrogens with zero attached hydrogens (tertiary/aromatic N) is 1. The summed E-state index contributed by atoms with van der Waals surface area (Å²) in [5.41, 5.74) is 3.30. The summed E-state index contributed by atoms with van der Waals surface area (Å²) >= 11 is 0. The first kappa shape index (κ1) is 36.7. The molecule has 0 radical (unpaired) electrons. The lowest BCUT2D eigenvalue weighted by atomic mass is 9.85. The van der Waals surface area contributed by atoms with Crippen LogP contribution in [0.15, 0.2) is 72.8 Å². The Morgan fingerprint density at radius 1 is 0.920 bits per heavy atom. The van der Waals surface area contributed by atoms with Crippen molar-refractivity contribution in [2.45, 2.75) is 89.3 Å². The fraction of sp³-hybridized carbons (Fsp3) is 0.475. The SMILES string of the molecule is COc1cccc(C(=O)N[C@@H](CCC2CCCCC2)C(=O)N[C@@H](CCCCNC(=O)OCc2ccccc2)CN2CCc3cc(F)ccc32)c1. The van der Waals surface area contributed by atoms with Crippen molar-refractivity contribution in [3.63, 3.8) is 0 Å². The fourth-order valence-electron chi connectivity index (χ4n) is 7.04. The molecule has 3 amide bonds. The predicted octanol–water partition coefficient (Wildman–Crippen LogP) is 6.94. The van der Waals surface area contributed by atoms with Gasteiger partial charge in [-0.15, -0.1) is 0 Å². The molecule has 0 spiro atoms. The first-order valence-corrected chi connectivity index (χ1v) is 18.1. The molecule has 1 saturated carbocycles. The van der Waals surface area contributed by atoms with Gasteiger partial charge in [-0.1, -0.05) is 68.5 Å². The standard InChI is InChI=1S/C40H51FN4O5/c1-49-35-17-10-15-32(26-35)38(46)44-36(20-18-29-11-4-2-5-12-29)39(47)43-34(27-45-24-22-31-25-33(41)19-21-37(31)45)16-8-9-23-42-40(48)50-28-30-13-6-3-7-14-30/h3,6-7,10,13-15,17,19,21,25-26,29,34,36H,2,4-5,8-9,11-12,16,18,20,22-24,27-28H2,1H3,(H,42,48)(H,43,47)(H,44,46)/t34-,36-/m0/s1. The summed E-state index contributed by atoms with van der Waals surface area (Å²) in [6.45, 7) is 1.94. The van der Waals surface area contributed by atoms with Crippen molar-refractivity contribution in [2.24, 2.45) is 5.92 Å². The van der Waals surface area contributed by atoms with Gasteiger partial charge in [0, 0.05) is 36.9 Å². The zero-order valence-electron chi connectivity index (χ0n) is 29.1. The maximum atomic E-state index is 14.1. The average Bonchev–Trinajstić information content (AvgIpc) is 3.54. The quantitative estimate of drug-likeness (QED) is 0.133. The fourth-order valence-corrected chi connectivity index (χ4v) is 7.04. The number of nitrogens with one attached hydrogen (secondary N) is 3. The number of ether oxygens (including phenoxy) is 2. The smallest absolute Gasteiger partial charge is 0.407 e. The second-order valence-corrected chi connectivity index (χ2v) is 13.5. The summed E-state index contributed by atoms with van der Waals surface area (Å²) in [4.78, 5) is 41.9.